The molecular formula is C23H29N3O4. The molecule has 2 aromatic carbocycles. The van der Waals surface area contributed by atoms with Crippen molar-refractivity contribution in [2.75, 3.05) is 25.5 Å². The van der Waals surface area contributed by atoms with Gasteiger partial charge in [0.2, 0.25) is 11.8 Å². The van der Waals surface area contributed by atoms with Crippen molar-refractivity contribution in [3.05, 3.63) is 54.1 Å². The smallest absolute Gasteiger partial charge is 0.237 e. The van der Waals surface area contributed by atoms with Gasteiger partial charge in [0.25, 0.3) is 0 Å². The van der Waals surface area contributed by atoms with Gasteiger partial charge in [-0.25, -0.2) is 0 Å². The molecule has 1 fully saturated rings. The second kappa shape index (κ2) is 10.1. The summed E-state index contributed by atoms with van der Waals surface area (Å²) in [5.41, 5.74) is 1.36. The number of aromatic hydroxyl groups is 1. The molecule has 2 aromatic rings. The third-order valence-electron chi connectivity index (χ3n) is 5.64. The third-order valence-corrected chi connectivity index (χ3v) is 5.64. The van der Waals surface area contributed by atoms with E-state index in [4.69, 9.17) is 4.74 Å². The monoisotopic (exact) mass is 411 g/mol. The van der Waals surface area contributed by atoms with E-state index in [1.54, 1.807) is 31.4 Å². The summed E-state index contributed by atoms with van der Waals surface area (Å²) in [6.07, 6.45) is 1.34. The Kier molecular flexibility index (Phi) is 7.30. The van der Waals surface area contributed by atoms with Gasteiger partial charge in [0.05, 0.1) is 18.8 Å². The zero-order valence-electron chi connectivity index (χ0n) is 17.4. The van der Waals surface area contributed by atoms with Gasteiger partial charge in [-0.1, -0.05) is 30.3 Å². The van der Waals surface area contributed by atoms with Crippen molar-refractivity contribution in [1.29, 1.82) is 0 Å². The number of methoxy groups -OCH3 is 1. The Balaban J connectivity index is 1.47. The van der Waals surface area contributed by atoms with Crippen molar-refractivity contribution in [3.8, 4) is 11.5 Å². The highest BCUT2D eigenvalue weighted by atomic mass is 16.5. The number of phenols is 1. The summed E-state index contributed by atoms with van der Waals surface area (Å²) in [5.74, 6) is 0.539. The Morgan fingerprint density at radius 3 is 2.50 bits per heavy atom. The van der Waals surface area contributed by atoms with Crippen molar-refractivity contribution in [2.45, 2.75) is 32.4 Å². The van der Waals surface area contributed by atoms with Crippen LogP contribution >= 0.6 is 0 Å². The Labute approximate surface area is 177 Å². The van der Waals surface area contributed by atoms with Gasteiger partial charge in [-0.2, -0.15) is 0 Å². The number of carbonyl (C=O) groups is 2. The minimum atomic E-state index is -0.276. The van der Waals surface area contributed by atoms with Crippen molar-refractivity contribution in [3.63, 3.8) is 0 Å². The molecule has 3 rings (SSSR count). The molecule has 1 aliphatic rings. The minimum absolute atomic E-state index is 0.0435. The number of carbonyl (C=O) groups excluding carboxylic acids is 2. The standard InChI is InChI=1S/C23H29N3O4/c1-16(22(28)24-15-18-7-3-6-10-21(18)30-2)26-13-11-17(12-14-26)23(29)25-19-8-4-5-9-20(19)27/h3-10,16-17,27H,11-15H2,1-2H3,(H,24,28)(H,25,29)/t16-/m0/s1. The first-order valence-electron chi connectivity index (χ1n) is 10.2. The van der Waals surface area contributed by atoms with Crippen molar-refractivity contribution in [2.24, 2.45) is 5.92 Å². The number of amides is 2. The number of anilines is 1. The van der Waals surface area contributed by atoms with E-state index in [0.717, 1.165) is 11.3 Å². The van der Waals surface area contributed by atoms with Crippen LogP contribution in [0.2, 0.25) is 0 Å². The topological polar surface area (TPSA) is 90.9 Å². The maximum absolute atomic E-state index is 12.6. The summed E-state index contributed by atoms with van der Waals surface area (Å²) in [4.78, 5) is 27.2. The molecule has 1 aliphatic heterocycles. The number of para-hydroxylation sites is 3. The average molecular weight is 412 g/mol. The molecule has 7 heteroatoms. The second-order valence-electron chi connectivity index (χ2n) is 7.52. The lowest BCUT2D eigenvalue weighted by Crippen LogP contribution is -2.49. The van der Waals surface area contributed by atoms with Crippen LogP contribution in [0.4, 0.5) is 5.69 Å². The number of benzene rings is 2. The number of ether oxygens (including phenoxy) is 1. The Morgan fingerprint density at radius 1 is 1.13 bits per heavy atom. The lowest BCUT2D eigenvalue weighted by Gasteiger charge is -2.34. The fourth-order valence-electron chi connectivity index (χ4n) is 3.71. The number of hydrogen-bond acceptors (Lipinski definition) is 5. The Bertz CT molecular complexity index is 878. The van der Waals surface area contributed by atoms with E-state index >= 15 is 0 Å². The predicted octanol–water partition coefficient (Wildman–Crippen LogP) is 2.76. The first kappa shape index (κ1) is 21.6. The summed E-state index contributed by atoms with van der Waals surface area (Å²) in [7, 11) is 1.61. The van der Waals surface area contributed by atoms with E-state index in [1.165, 1.54) is 0 Å². The molecule has 0 aromatic heterocycles. The molecule has 160 valence electrons. The fraction of sp³-hybridized carbons (Fsp3) is 0.391. The zero-order chi connectivity index (χ0) is 21.5. The molecule has 1 saturated heterocycles. The zero-order valence-corrected chi connectivity index (χ0v) is 17.4. The first-order valence-corrected chi connectivity index (χ1v) is 10.2. The van der Waals surface area contributed by atoms with E-state index in [-0.39, 0.29) is 29.5 Å². The van der Waals surface area contributed by atoms with Gasteiger partial charge < -0.3 is 20.5 Å². The SMILES string of the molecule is COc1ccccc1CNC(=O)[C@H](C)N1CCC(C(=O)Nc2ccccc2O)CC1. The van der Waals surface area contributed by atoms with Crippen LogP contribution in [0.5, 0.6) is 11.5 Å². The van der Waals surface area contributed by atoms with Crippen LogP contribution in [0.3, 0.4) is 0 Å². The van der Waals surface area contributed by atoms with Gasteiger partial charge in [-0.3, -0.25) is 14.5 Å². The summed E-state index contributed by atoms with van der Waals surface area (Å²) < 4.78 is 5.32. The molecule has 0 radical (unpaired) electrons. The van der Waals surface area contributed by atoms with Crippen LogP contribution in [-0.2, 0) is 16.1 Å². The van der Waals surface area contributed by atoms with Crippen molar-refractivity contribution in [1.82, 2.24) is 10.2 Å². The maximum Gasteiger partial charge on any atom is 0.237 e. The second-order valence-corrected chi connectivity index (χ2v) is 7.52. The molecule has 30 heavy (non-hydrogen) atoms. The lowest BCUT2D eigenvalue weighted by molar-refractivity contribution is -0.127. The molecule has 1 heterocycles. The van der Waals surface area contributed by atoms with Crippen LogP contribution in [0, 0.1) is 5.92 Å². The van der Waals surface area contributed by atoms with Gasteiger partial charge in [0.15, 0.2) is 0 Å². The van der Waals surface area contributed by atoms with Gasteiger partial charge in [0.1, 0.15) is 11.5 Å². The van der Waals surface area contributed by atoms with E-state index in [0.29, 0.717) is 38.2 Å². The van der Waals surface area contributed by atoms with E-state index in [9.17, 15) is 14.7 Å². The van der Waals surface area contributed by atoms with E-state index in [2.05, 4.69) is 15.5 Å². The number of piperidine rings is 1. The number of nitrogens with one attached hydrogen (secondary N) is 2. The maximum atomic E-state index is 12.6. The molecule has 0 unspecified atom stereocenters. The number of likely N-dealkylation sites (tertiary alicyclic amines) is 1. The predicted molar refractivity (Wildman–Crippen MR) is 115 cm³/mol. The molecule has 3 N–H and O–H groups in total. The molecule has 0 aliphatic carbocycles. The van der Waals surface area contributed by atoms with E-state index < -0.39 is 0 Å². The van der Waals surface area contributed by atoms with Crippen LogP contribution in [0.1, 0.15) is 25.3 Å². The highest BCUT2D eigenvalue weighted by Gasteiger charge is 2.30. The third kappa shape index (κ3) is 5.30. The quantitative estimate of drug-likeness (QED) is 0.610. The summed E-state index contributed by atoms with van der Waals surface area (Å²) in [6, 6.07) is 14.0. The van der Waals surface area contributed by atoms with Crippen LogP contribution < -0.4 is 15.4 Å². The largest absolute Gasteiger partial charge is 0.506 e. The lowest BCUT2D eigenvalue weighted by atomic mass is 9.94. The van der Waals surface area contributed by atoms with Gasteiger partial charge in [-0.15, -0.1) is 0 Å². The molecular weight excluding hydrogens is 382 g/mol. The van der Waals surface area contributed by atoms with Gasteiger partial charge in [-0.05, 0) is 51.1 Å². The molecule has 0 bridgehead atoms. The first-order chi connectivity index (χ1) is 14.5. The van der Waals surface area contributed by atoms with Crippen LogP contribution in [0.15, 0.2) is 48.5 Å². The van der Waals surface area contributed by atoms with Gasteiger partial charge in [0, 0.05) is 18.0 Å². The van der Waals surface area contributed by atoms with Gasteiger partial charge >= 0.3 is 0 Å². The Hall–Kier alpha value is -3.06. The molecule has 1 atom stereocenters. The summed E-state index contributed by atoms with van der Waals surface area (Å²) >= 11 is 0. The van der Waals surface area contributed by atoms with Crippen LogP contribution in [-0.4, -0.2) is 48.1 Å². The van der Waals surface area contributed by atoms with Crippen molar-refractivity contribution >= 4 is 17.5 Å². The van der Waals surface area contributed by atoms with Crippen LogP contribution in [0.25, 0.3) is 0 Å². The fourth-order valence-corrected chi connectivity index (χ4v) is 3.71. The normalized spacial score (nSPS) is 15.9. The average Bonchev–Trinajstić information content (AvgIpc) is 2.78. The highest BCUT2D eigenvalue weighted by Crippen LogP contribution is 2.25. The minimum Gasteiger partial charge on any atom is -0.506 e. The molecule has 0 spiro atoms. The summed E-state index contributed by atoms with van der Waals surface area (Å²) in [6.45, 7) is 3.64. The highest BCUT2D eigenvalue weighted by molar-refractivity contribution is 5.94. The summed E-state index contributed by atoms with van der Waals surface area (Å²) in [5, 5.41) is 15.6. The number of hydrogen-bond donors (Lipinski definition) is 3. The molecule has 0 saturated carbocycles. The van der Waals surface area contributed by atoms with E-state index in [1.807, 2.05) is 31.2 Å². The van der Waals surface area contributed by atoms with Crippen molar-refractivity contribution < 1.29 is 19.4 Å². The molecule has 2 amide bonds. The number of nitrogens with zero attached hydrogens (tertiary/aromatic N) is 1. The Morgan fingerprint density at radius 2 is 1.80 bits per heavy atom. The number of rotatable bonds is 7. The molecule has 7 nitrogen and oxygen atoms in total. The number of phenolic OH excluding ortho intramolecular Hbond substituents is 1.